The van der Waals surface area contributed by atoms with Gasteiger partial charge in [0.1, 0.15) is 11.6 Å². The number of carboxylic acid groups (broad SMARTS) is 1. The summed E-state index contributed by atoms with van der Waals surface area (Å²) in [6.45, 7) is 0.897. The van der Waals surface area contributed by atoms with E-state index in [1.807, 2.05) is 0 Å². The van der Waals surface area contributed by atoms with Gasteiger partial charge in [0, 0.05) is 24.2 Å². The minimum atomic E-state index is -4.81. The number of benzene rings is 1. The van der Waals surface area contributed by atoms with E-state index in [-0.39, 0.29) is 35.0 Å². The molecule has 3 heterocycles. The molecule has 1 aliphatic heterocycles. The number of carbonyl (C=O) groups is 1. The number of pyridine rings is 2. The standard InChI is InChI=1S/C25H24ClF3N4O5S/c1-38-16-6-8-19(26)17(12-16)22-18(25(27,28)29)7-9-20(32-22)33-39(36,37)21-5-2-4-15(31-21)13-24(23(34)35)10-3-11-30-14-24/h2,4-9,12,30H,3,10-11,13-14H2,1H3,(H,32,33)(H,34,35). The quantitative estimate of drug-likeness (QED) is 0.350. The molecular formula is C25H24ClF3N4O5S. The SMILES string of the molecule is COc1ccc(Cl)c(-c2nc(NS(=O)(=O)c3cccc(CC4(C(=O)O)CCCNC4)n3)ccc2C(F)(F)F)c1. The number of alkyl halides is 3. The number of piperidine rings is 1. The van der Waals surface area contributed by atoms with E-state index >= 15 is 0 Å². The maximum absolute atomic E-state index is 13.8. The molecule has 9 nitrogen and oxygen atoms in total. The van der Waals surface area contributed by atoms with E-state index in [9.17, 15) is 31.5 Å². The van der Waals surface area contributed by atoms with E-state index in [0.717, 1.165) is 6.07 Å². The van der Waals surface area contributed by atoms with Crippen LogP contribution in [0.3, 0.4) is 0 Å². The second kappa shape index (κ2) is 11.0. The van der Waals surface area contributed by atoms with Gasteiger partial charge >= 0.3 is 12.1 Å². The Bertz CT molecular complexity index is 1500. The van der Waals surface area contributed by atoms with Crippen molar-refractivity contribution >= 4 is 33.4 Å². The zero-order valence-corrected chi connectivity index (χ0v) is 22.1. The van der Waals surface area contributed by atoms with Crippen molar-refractivity contribution in [1.29, 1.82) is 0 Å². The largest absolute Gasteiger partial charge is 0.497 e. The van der Waals surface area contributed by atoms with Gasteiger partial charge in [0.05, 0.1) is 28.8 Å². The van der Waals surface area contributed by atoms with Gasteiger partial charge in [-0.05, 0) is 61.9 Å². The van der Waals surface area contributed by atoms with Gasteiger partial charge in [-0.3, -0.25) is 9.52 Å². The minimum absolute atomic E-state index is 0.00426. The van der Waals surface area contributed by atoms with Gasteiger partial charge in [-0.15, -0.1) is 0 Å². The van der Waals surface area contributed by atoms with Crippen LogP contribution in [0.4, 0.5) is 19.0 Å². The van der Waals surface area contributed by atoms with E-state index in [2.05, 4.69) is 20.0 Å². The Morgan fingerprint density at radius 1 is 1.21 bits per heavy atom. The topological polar surface area (TPSA) is 131 Å². The Labute approximate surface area is 227 Å². The lowest BCUT2D eigenvalue weighted by Gasteiger charge is -2.33. The van der Waals surface area contributed by atoms with Gasteiger partial charge in [-0.25, -0.2) is 9.97 Å². The molecule has 1 unspecified atom stereocenters. The van der Waals surface area contributed by atoms with Crippen molar-refractivity contribution in [3.63, 3.8) is 0 Å². The lowest BCUT2D eigenvalue weighted by atomic mass is 9.77. The van der Waals surface area contributed by atoms with E-state index in [4.69, 9.17) is 16.3 Å². The molecule has 208 valence electrons. The van der Waals surface area contributed by atoms with Crippen LogP contribution in [-0.2, 0) is 27.4 Å². The zero-order chi connectivity index (χ0) is 28.4. The number of methoxy groups -OCH3 is 1. The van der Waals surface area contributed by atoms with E-state index in [1.54, 1.807) is 0 Å². The Hall–Kier alpha value is -3.42. The number of anilines is 1. The maximum Gasteiger partial charge on any atom is 0.418 e. The lowest BCUT2D eigenvalue weighted by Crippen LogP contribution is -2.47. The summed E-state index contributed by atoms with van der Waals surface area (Å²) in [5.74, 6) is -1.19. The molecule has 0 saturated carbocycles. The highest BCUT2D eigenvalue weighted by Gasteiger charge is 2.40. The maximum atomic E-state index is 13.8. The molecule has 0 bridgehead atoms. The van der Waals surface area contributed by atoms with Gasteiger partial charge in [0.2, 0.25) is 0 Å². The second-order valence-electron chi connectivity index (χ2n) is 9.05. The zero-order valence-electron chi connectivity index (χ0n) is 20.5. The van der Waals surface area contributed by atoms with Crippen molar-refractivity contribution in [3.05, 3.63) is 64.8 Å². The normalized spacial score (nSPS) is 18.0. The predicted molar refractivity (Wildman–Crippen MR) is 137 cm³/mol. The Kier molecular flexibility index (Phi) is 8.05. The first kappa shape index (κ1) is 28.6. The van der Waals surface area contributed by atoms with Crippen LogP contribution in [0.15, 0.2) is 53.6 Å². The molecular weight excluding hydrogens is 561 g/mol. The highest BCUT2D eigenvalue weighted by molar-refractivity contribution is 7.92. The van der Waals surface area contributed by atoms with Crippen molar-refractivity contribution in [2.24, 2.45) is 5.41 Å². The lowest BCUT2D eigenvalue weighted by molar-refractivity contribution is -0.150. The summed E-state index contributed by atoms with van der Waals surface area (Å²) >= 11 is 6.16. The first-order valence-electron chi connectivity index (χ1n) is 11.7. The van der Waals surface area contributed by atoms with Crippen LogP contribution in [0, 0.1) is 5.41 Å². The van der Waals surface area contributed by atoms with Gasteiger partial charge in [-0.1, -0.05) is 17.7 Å². The molecule has 0 radical (unpaired) electrons. The number of sulfonamides is 1. The molecule has 0 amide bonds. The molecule has 3 aromatic rings. The fourth-order valence-electron chi connectivity index (χ4n) is 4.38. The van der Waals surface area contributed by atoms with Gasteiger partial charge in [0.25, 0.3) is 10.0 Å². The molecule has 4 rings (SSSR count). The molecule has 1 saturated heterocycles. The smallest absolute Gasteiger partial charge is 0.418 e. The van der Waals surface area contributed by atoms with Crippen molar-refractivity contribution in [3.8, 4) is 17.0 Å². The number of halogens is 4. The summed E-state index contributed by atoms with van der Waals surface area (Å²) in [7, 11) is -3.08. The highest BCUT2D eigenvalue weighted by Crippen LogP contribution is 2.40. The average molecular weight is 585 g/mol. The van der Waals surface area contributed by atoms with Crippen molar-refractivity contribution in [2.45, 2.75) is 30.5 Å². The van der Waals surface area contributed by atoms with E-state index in [0.29, 0.717) is 25.5 Å². The predicted octanol–water partition coefficient (Wildman–Crippen LogP) is 4.62. The van der Waals surface area contributed by atoms with Crippen molar-refractivity contribution < 1.29 is 36.2 Å². The number of nitrogens with zero attached hydrogens (tertiary/aromatic N) is 2. The Morgan fingerprint density at radius 2 is 1.97 bits per heavy atom. The summed E-state index contributed by atoms with van der Waals surface area (Å²) in [5.41, 5.74) is -2.72. The Morgan fingerprint density at radius 3 is 2.62 bits per heavy atom. The van der Waals surface area contributed by atoms with Crippen molar-refractivity contribution in [1.82, 2.24) is 15.3 Å². The van der Waals surface area contributed by atoms with Crippen LogP contribution >= 0.6 is 11.6 Å². The second-order valence-corrected chi connectivity index (χ2v) is 11.1. The average Bonchev–Trinajstić information content (AvgIpc) is 2.88. The number of hydrogen-bond acceptors (Lipinski definition) is 7. The summed E-state index contributed by atoms with van der Waals surface area (Å²) in [5, 5.41) is 12.4. The molecule has 0 aliphatic carbocycles. The summed E-state index contributed by atoms with van der Waals surface area (Å²) < 4.78 is 74.9. The number of aliphatic carboxylic acids is 1. The van der Waals surface area contributed by atoms with Gasteiger partial charge in [-0.2, -0.15) is 21.6 Å². The van der Waals surface area contributed by atoms with Crippen LogP contribution in [0.2, 0.25) is 5.02 Å². The fraction of sp³-hybridized carbons (Fsp3) is 0.320. The van der Waals surface area contributed by atoms with Gasteiger partial charge in [0.15, 0.2) is 5.03 Å². The number of ether oxygens (including phenoxy) is 1. The molecule has 1 aromatic carbocycles. The molecule has 1 atom stereocenters. The van der Waals surface area contributed by atoms with Gasteiger partial charge < -0.3 is 15.2 Å². The van der Waals surface area contributed by atoms with Crippen LogP contribution in [0.25, 0.3) is 11.3 Å². The monoisotopic (exact) mass is 584 g/mol. The first-order valence-corrected chi connectivity index (χ1v) is 13.6. The highest BCUT2D eigenvalue weighted by atomic mass is 35.5. The molecule has 1 fully saturated rings. The molecule has 1 aliphatic rings. The molecule has 3 N–H and O–H groups in total. The number of carboxylic acids is 1. The number of aromatic nitrogens is 2. The molecule has 14 heteroatoms. The Balaban J connectivity index is 1.69. The summed E-state index contributed by atoms with van der Waals surface area (Å²) in [4.78, 5) is 20.1. The number of rotatable bonds is 8. The molecule has 2 aromatic heterocycles. The van der Waals surface area contributed by atoms with Crippen LogP contribution in [0.1, 0.15) is 24.1 Å². The van der Waals surface area contributed by atoms with Crippen LogP contribution < -0.4 is 14.8 Å². The third-order valence-corrected chi connectivity index (χ3v) is 7.96. The third kappa shape index (κ3) is 6.26. The van der Waals surface area contributed by atoms with Crippen molar-refractivity contribution in [2.75, 3.05) is 24.9 Å². The minimum Gasteiger partial charge on any atom is -0.497 e. The van der Waals surface area contributed by atoms with E-state index < -0.39 is 49.7 Å². The summed E-state index contributed by atoms with van der Waals surface area (Å²) in [6.07, 6.45) is -3.77. The fourth-order valence-corrected chi connectivity index (χ4v) is 5.58. The number of nitrogens with one attached hydrogen (secondary N) is 2. The first-order chi connectivity index (χ1) is 18.3. The third-order valence-electron chi connectivity index (χ3n) is 6.37. The number of hydrogen-bond donors (Lipinski definition) is 3. The summed E-state index contributed by atoms with van der Waals surface area (Å²) in [6, 6.07) is 9.80. The van der Waals surface area contributed by atoms with E-state index in [1.165, 1.54) is 43.5 Å². The molecule has 39 heavy (non-hydrogen) atoms. The van der Waals surface area contributed by atoms with Crippen LogP contribution in [0.5, 0.6) is 5.75 Å². The van der Waals surface area contributed by atoms with Crippen LogP contribution in [-0.4, -0.2) is 49.7 Å². The molecule has 0 spiro atoms.